The standard InChI is InChI=1S/C19H24N4OS.HI/c1-4-20-19(22-12-18-13(2)23-14(3)25-18)21-10-9-16-11-15-7-5-6-8-17(15)24-16;/h5-8,11H,4,9-10,12H2,1-3H3,(H2,20,21,22);1H. The Hall–Kier alpha value is -1.61. The molecule has 0 saturated carbocycles. The number of aromatic nitrogens is 1. The van der Waals surface area contributed by atoms with E-state index in [2.05, 4.69) is 39.7 Å². The lowest BCUT2D eigenvalue weighted by atomic mass is 10.2. The molecule has 140 valence electrons. The number of para-hydroxylation sites is 1. The van der Waals surface area contributed by atoms with E-state index >= 15 is 0 Å². The number of aryl methyl sites for hydroxylation is 2. The van der Waals surface area contributed by atoms with Crippen LogP contribution in [0.2, 0.25) is 0 Å². The molecule has 0 unspecified atom stereocenters. The van der Waals surface area contributed by atoms with Crippen molar-refractivity contribution in [1.29, 1.82) is 0 Å². The minimum absolute atomic E-state index is 0. The number of aliphatic imine (C=N–C) groups is 1. The maximum absolute atomic E-state index is 5.85. The first-order valence-corrected chi connectivity index (χ1v) is 9.40. The summed E-state index contributed by atoms with van der Waals surface area (Å²) >= 11 is 1.71. The Balaban J connectivity index is 0.00000243. The van der Waals surface area contributed by atoms with Gasteiger partial charge in [0.05, 0.1) is 17.2 Å². The first-order chi connectivity index (χ1) is 12.2. The van der Waals surface area contributed by atoms with Crippen LogP contribution in [0.5, 0.6) is 0 Å². The predicted octanol–water partition coefficient (Wildman–Crippen LogP) is 4.42. The molecule has 3 aromatic rings. The summed E-state index contributed by atoms with van der Waals surface area (Å²) in [5, 5.41) is 8.89. The van der Waals surface area contributed by atoms with Crippen LogP contribution < -0.4 is 10.6 Å². The molecule has 0 aliphatic carbocycles. The van der Waals surface area contributed by atoms with Gasteiger partial charge in [-0.1, -0.05) is 18.2 Å². The third-order valence-corrected chi connectivity index (χ3v) is 4.92. The van der Waals surface area contributed by atoms with Gasteiger partial charge in [-0.25, -0.2) is 9.98 Å². The lowest BCUT2D eigenvalue weighted by Gasteiger charge is -2.10. The van der Waals surface area contributed by atoms with Crippen molar-refractivity contribution in [2.75, 3.05) is 13.1 Å². The molecule has 0 bridgehead atoms. The van der Waals surface area contributed by atoms with E-state index in [0.29, 0.717) is 6.54 Å². The smallest absolute Gasteiger partial charge is 0.191 e. The largest absolute Gasteiger partial charge is 0.461 e. The number of furan rings is 1. The van der Waals surface area contributed by atoms with Crippen LogP contribution in [0.15, 0.2) is 39.7 Å². The predicted molar refractivity (Wildman–Crippen MR) is 120 cm³/mol. The topological polar surface area (TPSA) is 62.5 Å². The molecule has 0 saturated heterocycles. The van der Waals surface area contributed by atoms with E-state index in [1.165, 1.54) is 4.88 Å². The quantitative estimate of drug-likeness (QED) is 0.309. The van der Waals surface area contributed by atoms with Crippen LogP contribution in [0.3, 0.4) is 0 Å². The maximum Gasteiger partial charge on any atom is 0.191 e. The summed E-state index contributed by atoms with van der Waals surface area (Å²) in [7, 11) is 0. The van der Waals surface area contributed by atoms with Crippen molar-refractivity contribution in [2.24, 2.45) is 4.99 Å². The van der Waals surface area contributed by atoms with Crippen LogP contribution in [0.4, 0.5) is 0 Å². The number of nitrogens with zero attached hydrogens (tertiary/aromatic N) is 2. The van der Waals surface area contributed by atoms with Crippen molar-refractivity contribution in [3.63, 3.8) is 0 Å². The van der Waals surface area contributed by atoms with Crippen molar-refractivity contribution in [2.45, 2.75) is 33.7 Å². The van der Waals surface area contributed by atoms with Gasteiger partial charge in [-0.2, -0.15) is 0 Å². The zero-order valence-corrected chi connectivity index (χ0v) is 18.5. The van der Waals surface area contributed by atoms with Gasteiger partial charge in [-0.3, -0.25) is 0 Å². The van der Waals surface area contributed by atoms with Crippen molar-refractivity contribution >= 4 is 52.2 Å². The fourth-order valence-electron chi connectivity index (χ4n) is 2.68. The highest BCUT2D eigenvalue weighted by atomic mass is 127. The molecule has 2 heterocycles. The molecule has 7 heteroatoms. The van der Waals surface area contributed by atoms with Crippen molar-refractivity contribution < 1.29 is 4.42 Å². The Morgan fingerprint density at radius 3 is 2.73 bits per heavy atom. The van der Waals surface area contributed by atoms with E-state index in [4.69, 9.17) is 4.42 Å². The summed E-state index contributed by atoms with van der Waals surface area (Å²) in [6, 6.07) is 10.2. The molecule has 0 aliphatic rings. The molecule has 0 fully saturated rings. The fourth-order valence-corrected chi connectivity index (χ4v) is 3.54. The molecule has 0 atom stereocenters. The molecule has 1 aromatic carbocycles. The number of benzene rings is 1. The maximum atomic E-state index is 5.85. The normalized spacial score (nSPS) is 11.4. The molecule has 26 heavy (non-hydrogen) atoms. The van der Waals surface area contributed by atoms with Crippen LogP contribution in [0, 0.1) is 13.8 Å². The summed E-state index contributed by atoms with van der Waals surface area (Å²) in [6.07, 6.45) is 0.817. The molecular formula is C19H25IN4OS. The third-order valence-electron chi connectivity index (χ3n) is 3.86. The van der Waals surface area contributed by atoms with Gasteiger partial charge in [0.15, 0.2) is 5.96 Å². The second-order valence-electron chi connectivity index (χ2n) is 5.86. The van der Waals surface area contributed by atoms with Gasteiger partial charge in [-0.05, 0) is 32.9 Å². The van der Waals surface area contributed by atoms with Gasteiger partial charge in [0, 0.05) is 29.8 Å². The molecule has 0 spiro atoms. The number of rotatable bonds is 6. The number of nitrogens with one attached hydrogen (secondary N) is 2. The molecule has 0 amide bonds. The van der Waals surface area contributed by atoms with E-state index in [1.807, 2.05) is 32.0 Å². The Bertz CT molecular complexity index is 838. The van der Waals surface area contributed by atoms with E-state index in [0.717, 1.165) is 52.9 Å². The molecular weight excluding hydrogens is 459 g/mol. The van der Waals surface area contributed by atoms with Crippen molar-refractivity contribution in [1.82, 2.24) is 15.6 Å². The van der Waals surface area contributed by atoms with Crippen LogP contribution in [0.25, 0.3) is 11.0 Å². The lowest BCUT2D eigenvalue weighted by Crippen LogP contribution is -2.38. The first kappa shape index (κ1) is 20.7. The fraction of sp³-hybridized carbons (Fsp3) is 0.368. The zero-order valence-electron chi connectivity index (χ0n) is 15.3. The summed E-state index contributed by atoms with van der Waals surface area (Å²) < 4.78 is 5.85. The van der Waals surface area contributed by atoms with Crippen LogP contribution in [0.1, 0.15) is 28.3 Å². The van der Waals surface area contributed by atoms with Crippen LogP contribution in [-0.2, 0) is 13.0 Å². The average molecular weight is 484 g/mol. The number of thiazole rings is 1. The highest BCUT2D eigenvalue weighted by Gasteiger charge is 2.06. The summed E-state index contributed by atoms with van der Waals surface area (Å²) in [5.41, 5.74) is 2.01. The Labute approximate surface area is 175 Å². The number of halogens is 1. The Kier molecular flexibility index (Phi) is 7.89. The SMILES string of the molecule is CCNC(=NCc1sc(C)nc1C)NCCc1cc2ccccc2o1.I. The third kappa shape index (κ3) is 5.44. The van der Waals surface area contributed by atoms with Crippen LogP contribution >= 0.6 is 35.3 Å². The zero-order chi connectivity index (χ0) is 17.6. The molecule has 2 aromatic heterocycles. The number of fused-ring (bicyclic) bond motifs is 1. The highest BCUT2D eigenvalue weighted by Crippen LogP contribution is 2.19. The van der Waals surface area contributed by atoms with Gasteiger partial charge < -0.3 is 15.1 Å². The van der Waals surface area contributed by atoms with Crippen molar-refractivity contribution in [3.8, 4) is 0 Å². The van der Waals surface area contributed by atoms with E-state index in [9.17, 15) is 0 Å². The van der Waals surface area contributed by atoms with Crippen molar-refractivity contribution in [3.05, 3.63) is 51.7 Å². The summed E-state index contributed by atoms with van der Waals surface area (Å²) in [4.78, 5) is 10.3. The molecule has 0 aliphatic heterocycles. The Morgan fingerprint density at radius 1 is 1.23 bits per heavy atom. The molecule has 2 N–H and O–H groups in total. The van der Waals surface area contributed by atoms with E-state index < -0.39 is 0 Å². The van der Waals surface area contributed by atoms with Crippen LogP contribution in [-0.4, -0.2) is 24.0 Å². The van der Waals surface area contributed by atoms with E-state index in [-0.39, 0.29) is 24.0 Å². The summed E-state index contributed by atoms with van der Waals surface area (Å²) in [6.45, 7) is 8.39. The Morgan fingerprint density at radius 2 is 2.04 bits per heavy atom. The first-order valence-electron chi connectivity index (χ1n) is 8.58. The number of guanidine groups is 1. The minimum atomic E-state index is 0. The van der Waals surface area contributed by atoms with Gasteiger partial charge in [0.1, 0.15) is 11.3 Å². The van der Waals surface area contributed by atoms with E-state index in [1.54, 1.807) is 11.3 Å². The monoisotopic (exact) mass is 484 g/mol. The minimum Gasteiger partial charge on any atom is -0.461 e. The second-order valence-corrected chi connectivity index (χ2v) is 7.15. The lowest BCUT2D eigenvalue weighted by molar-refractivity contribution is 0.544. The average Bonchev–Trinajstić information content (AvgIpc) is 3.14. The molecule has 3 rings (SSSR count). The second kappa shape index (κ2) is 9.91. The van der Waals surface area contributed by atoms with Gasteiger partial charge >= 0.3 is 0 Å². The van der Waals surface area contributed by atoms with Gasteiger partial charge in [0.25, 0.3) is 0 Å². The highest BCUT2D eigenvalue weighted by molar-refractivity contribution is 14.0. The molecule has 5 nitrogen and oxygen atoms in total. The van der Waals surface area contributed by atoms with Gasteiger partial charge in [0.2, 0.25) is 0 Å². The number of hydrogen-bond donors (Lipinski definition) is 2. The summed E-state index contributed by atoms with van der Waals surface area (Å²) in [5.74, 6) is 1.81. The molecule has 0 radical (unpaired) electrons. The number of hydrogen-bond acceptors (Lipinski definition) is 4. The van der Waals surface area contributed by atoms with Gasteiger partial charge in [-0.15, -0.1) is 35.3 Å².